The van der Waals surface area contributed by atoms with Gasteiger partial charge in [0.05, 0.1) is 6.42 Å². The zero-order chi connectivity index (χ0) is 16.0. The van der Waals surface area contributed by atoms with E-state index >= 15 is 0 Å². The van der Waals surface area contributed by atoms with Crippen molar-refractivity contribution in [2.45, 2.75) is 19.0 Å². The SMILES string of the molecule is CN(Cc1ccc(Cl)cc1)C(=O)NC(CC(N)=O)C(=O)O. The normalized spacial score (nSPS) is 11.5. The molecule has 1 atom stereocenters. The van der Waals surface area contributed by atoms with Crippen molar-refractivity contribution >= 4 is 29.5 Å². The number of aliphatic carboxylic acids is 1. The molecule has 0 fully saturated rings. The van der Waals surface area contributed by atoms with Crippen molar-refractivity contribution in [1.82, 2.24) is 10.2 Å². The van der Waals surface area contributed by atoms with Gasteiger partial charge in [-0.25, -0.2) is 9.59 Å². The highest BCUT2D eigenvalue weighted by Gasteiger charge is 2.23. The highest BCUT2D eigenvalue weighted by molar-refractivity contribution is 6.30. The van der Waals surface area contributed by atoms with Gasteiger partial charge in [-0.2, -0.15) is 0 Å². The molecule has 4 N–H and O–H groups in total. The van der Waals surface area contributed by atoms with Crippen LogP contribution in [0.5, 0.6) is 0 Å². The molecule has 1 rings (SSSR count). The first-order valence-corrected chi connectivity index (χ1v) is 6.44. The standard InChI is InChI=1S/C13H16ClN3O4/c1-17(7-8-2-4-9(14)5-3-8)13(21)16-10(12(19)20)6-11(15)18/h2-5,10H,6-7H2,1H3,(H2,15,18)(H,16,21)(H,19,20). The molecule has 3 amide bonds. The zero-order valence-corrected chi connectivity index (χ0v) is 12.1. The molecule has 21 heavy (non-hydrogen) atoms. The minimum atomic E-state index is -1.34. The molecule has 0 aliphatic heterocycles. The highest BCUT2D eigenvalue weighted by Crippen LogP contribution is 2.11. The fourth-order valence-corrected chi connectivity index (χ4v) is 1.72. The van der Waals surface area contributed by atoms with Crippen molar-refractivity contribution in [3.05, 3.63) is 34.9 Å². The minimum Gasteiger partial charge on any atom is -0.480 e. The minimum absolute atomic E-state index is 0.270. The second kappa shape index (κ2) is 7.49. The topological polar surface area (TPSA) is 113 Å². The van der Waals surface area contributed by atoms with Gasteiger partial charge in [0.25, 0.3) is 0 Å². The summed E-state index contributed by atoms with van der Waals surface area (Å²) in [4.78, 5) is 34.9. The van der Waals surface area contributed by atoms with Crippen LogP contribution in [0, 0.1) is 0 Å². The fraction of sp³-hybridized carbons (Fsp3) is 0.308. The van der Waals surface area contributed by atoms with Crippen LogP contribution in [0.15, 0.2) is 24.3 Å². The Balaban J connectivity index is 2.62. The van der Waals surface area contributed by atoms with Gasteiger partial charge >= 0.3 is 12.0 Å². The van der Waals surface area contributed by atoms with Gasteiger partial charge in [-0.1, -0.05) is 23.7 Å². The van der Waals surface area contributed by atoms with Crippen LogP contribution >= 0.6 is 11.6 Å². The number of primary amides is 1. The van der Waals surface area contributed by atoms with Gasteiger partial charge in [0, 0.05) is 18.6 Å². The van der Waals surface area contributed by atoms with E-state index in [0.717, 1.165) is 5.56 Å². The van der Waals surface area contributed by atoms with Gasteiger partial charge in [0.1, 0.15) is 6.04 Å². The number of hydrogen-bond donors (Lipinski definition) is 3. The average molecular weight is 314 g/mol. The maximum Gasteiger partial charge on any atom is 0.326 e. The number of rotatable bonds is 6. The number of urea groups is 1. The molecule has 0 saturated heterocycles. The number of carboxylic acid groups (broad SMARTS) is 1. The van der Waals surface area contributed by atoms with Gasteiger partial charge in [0.15, 0.2) is 0 Å². The maximum atomic E-state index is 11.9. The number of hydrogen-bond acceptors (Lipinski definition) is 3. The summed E-state index contributed by atoms with van der Waals surface area (Å²) in [6, 6.07) is 4.93. The summed E-state index contributed by atoms with van der Waals surface area (Å²) in [5.74, 6) is -2.12. The highest BCUT2D eigenvalue weighted by atomic mass is 35.5. The third-order valence-corrected chi connectivity index (χ3v) is 2.93. The quantitative estimate of drug-likeness (QED) is 0.721. The number of nitrogens with zero attached hydrogens (tertiary/aromatic N) is 1. The Morgan fingerprint density at radius 1 is 1.33 bits per heavy atom. The molecule has 0 bridgehead atoms. The van der Waals surface area contributed by atoms with Gasteiger partial charge in [-0.15, -0.1) is 0 Å². The summed E-state index contributed by atoms with van der Waals surface area (Å²) in [5, 5.41) is 11.7. The van der Waals surface area contributed by atoms with Crippen molar-refractivity contribution in [2.24, 2.45) is 5.73 Å². The molecule has 1 aromatic carbocycles. The Bertz CT molecular complexity index is 533. The number of nitrogens with two attached hydrogens (primary N) is 1. The molecule has 114 valence electrons. The number of carboxylic acids is 1. The van der Waals surface area contributed by atoms with E-state index in [9.17, 15) is 14.4 Å². The van der Waals surface area contributed by atoms with Crippen LogP contribution in [0.25, 0.3) is 0 Å². The lowest BCUT2D eigenvalue weighted by atomic mass is 10.2. The molecule has 0 aliphatic carbocycles. The van der Waals surface area contributed by atoms with E-state index in [2.05, 4.69) is 5.32 Å². The lowest BCUT2D eigenvalue weighted by molar-refractivity contribution is -0.140. The van der Waals surface area contributed by atoms with Crippen LogP contribution < -0.4 is 11.1 Å². The molecule has 1 unspecified atom stereocenters. The summed E-state index contributed by atoms with van der Waals surface area (Å²) in [7, 11) is 1.51. The maximum absolute atomic E-state index is 11.9. The smallest absolute Gasteiger partial charge is 0.326 e. The summed E-state index contributed by atoms with van der Waals surface area (Å²) in [5.41, 5.74) is 5.77. The van der Waals surface area contributed by atoms with Crippen LogP contribution in [0.1, 0.15) is 12.0 Å². The first-order valence-electron chi connectivity index (χ1n) is 6.06. The summed E-state index contributed by atoms with van der Waals surface area (Å²) in [6.45, 7) is 0.270. The van der Waals surface area contributed by atoms with E-state index in [4.69, 9.17) is 22.4 Å². The van der Waals surface area contributed by atoms with Gasteiger partial charge < -0.3 is 21.1 Å². The summed E-state index contributed by atoms with van der Waals surface area (Å²) < 4.78 is 0. The molecule has 0 heterocycles. The van der Waals surface area contributed by atoms with E-state index in [1.165, 1.54) is 11.9 Å². The molecule has 7 nitrogen and oxygen atoms in total. The Morgan fingerprint density at radius 3 is 2.38 bits per heavy atom. The number of benzene rings is 1. The molecular weight excluding hydrogens is 298 g/mol. The Hall–Kier alpha value is -2.28. The van der Waals surface area contributed by atoms with Crippen molar-refractivity contribution in [3.8, 4) is 0 Å². The number of halogens is 1. The van der Waals surface area contributed by atoms with E-state index in [1.54, 1.807) is 24.3 Å². The predicted octanol–water partition coefficient (Wildman–Crippen LogP) is 0.810. The van der Waals surface area contributed by atoms with Crippen LogP contribution in [0.3, 0.4) is 0 Å². The Labute approximate surface area is 126 Å². The number of carbonyl (C=O) groups excluding carboxylic acids is 2. The van der Waals surface area contributed by atoms with E-state index in [0.29, 0.717) is 5.02 Å². The fourth-order valence-electron chi connectivity index (χ4n) is 1.60. The third kappa shape index (κ3) is 5.70. The van der Waals surface area contributed by atoms with E-state index < -0.39 is 30.4 Å². The van der Waals surface area contributed by atoms with E-state index in [1.807, 2.05) is 0 Å². The summed E-state index contributed by atoms with van der Waals surface area (Å²) >= 11 is 5.76. The molecule has 1 aromatic rings. The Morgan fingerprint density at radius 2 is 1.90 bits per heavy atom. The molecule has 8 heteroatoms. The van der Waals surface area contributed by atoms with Crippen molar-refractivity contribution in [2.75, 3.05) is 7.05 Å². The van der Waals surface area contributed by atoms with E-state index in [-0.39, 0.29) is 6.54 Å². The lowest BCUT2D eigenvalue weighted by Crippen LogP contribution is -2.48. The van der Waals surface area contributed by atoms with Crippen LogP contribution in [-0.4, -0.2) is 41.0 Å². The van der Waals surface area contributed by atoms with Crippen molar-refractivity contribution < 1.29 is 19.5 Å². The first-order chi connectivity index (χ1) is 9.79. The second-order valence-corrected chi connectivity index (χ2v) is 4.93. The molecular formula is C13H16ClN3O4. The molecule has 0 aromatic heterocycles. The molecule has 0 saturated carbocycles. The van der Waals surface area contributed by atoms with Gasteiger partial charge in [-0.3, -0.25) is 4.79 Å². The largest absolute Gasteiger partial charge is 0.480 e. The first kappa shape index (κ1) is 16.8. The molecule has 0 radical (unpaired) electrons. The van der Waals surface area contributed by atoms with Crippen LogP contribution in [0.2, 0.25) is 5.02 Å². The monoisotopic (exact) mass is 313 g/mol. The summed E-state index contributed by atoms with van der Waals surface area (Å²) in [6.07, 6.45) is -0.462. The average Bonchev–Trinajstić information content (AvgIpc) is 2.39. The van der Waals surface area contributed by atoms with Crippen molar-refractivity contribution in [1.29, 1.82) is 0 Å². The predicted molar refractivity (Wildman–Crippen MR) is 76.7 cm³/mol. The Kier molecular flexibility index (Phi) is 5.98. The van der Waals surface area contributed by atoms with Crippen molar-refractivity contribution in [3.63, 3.8) is 0 Å². The second-order valence-electron chi connectivity index (χ2n) is 4.49. The molecule has 0 spiro atoms. The lowest BCUT2D eigenvalue weighted by Gasteiger charge is -2.21. The molecule has 0 aliphatic rings. The van der Waals surface area contributed by atoms with Crippen LogP contribution in [-0.2, 0) is 16.1 Å². The number of nitrogens with one attached hydrogen (secondary N) is 1. The van der Waals surface area contributed by atoms with Gasteiger partial charge in [-0.05, 0) is 17.7 Å². The zero-order valence-electron chi connectivity index (χ0n) is 11.4. The number of amides is 3. The third-order valence-electron chi connectivity index (χ3n) is 2.68. The number of carbonyl (C=O) groups is 3. The van der Waals surface area contributed by atoms with Crippen LogP contribution in [0.4, 0.5) is 4.79 Å². The van der Waals surface area contributed by atoms with Gasteiger partial charge in [0.2, 0.25) is 5.91 Å².